The van der Waals surface area contributed by atoms with Crippen molar-refractivity contribution >= 4 is 11.6 Å². The van der Waals surface area contributed by atoms with Crippen molar-refractivity contribution in [3.05, 3.63) is 54.2 Å². The first-order valence-electron chi connectivity index (χ1n) is 5.41. The highest BCUT2D eigenvalue weighted by Gasteiger charge is 2.03. The molecule has 2 rings (SSSR count). The summed E-state index contributed by atoms with van der Waals surface area (Å²) in [6, 6.07) is 3.76. The summed E-state index contributed by atoms with van der Waals surface area (Å²) in [5.74, 6) is 0. The second-order valence-electron chi connectivity index (χ2n) is 3.60. The largest absolute Gasteiger partial charge is 0.373 e. The number of pyridine rings is 1. The second kappa shape index (κ2) is 6.23. The lowest BCUT2D eigenvalue weighted by molar-refractivity contribution is 0.148. The lowest BCUT2D eigenvalue weighted by Crippen LogP contribution is -1.95. The molecular formula is C13H12ClN3O. The molecule has 0 aromatic carbocycles. The van der Waals surface area contributed by atoms with Crippen molar-refractivity contribution in [2.75, 3.05) is 6.61 Å². The van der Waals surface area contributed by atoms with Crippen molar-refractivity contribution in [1.82, 2.24) is 15.0 Å². The zero-order valence-electron chi connectivity index (χ0n) is 9.71. The van der Waals surface area contributed by atoms with Gasteiger partial charge in [0.05, 0.1) is 18.9 Å². The standard InChI is InChI=1S/C13H12ClN3O/c1-2-5-18-9-10-6-11(8-15-7-10)12-3-4-16-13(14)17-12/h2-4,6-8H,1,5,9H2. The minimum atomic E-state index is 0.223. The molecule has 0 spiro atoms. The monoisotopic (exact) mass is 261 g/mol. The quantitative estimate of drug-likeness (QED) is 0.472. The molecule has 0 aliphatic heterocycles. The van der Waals surface area contributed by atoms with E-state index in [1.54, 1.807) is 30.7 Å². The van der Waals surface area contributed by atoms with Crippen LogP contribution in [0, 0.1) is 0 Å². The molecule has 0 radical (unpaired) electrons. The van der Waals surface area contributed by atoms with Gasteiger partial charge in [-0.2, -0.15) is 0 Å². The van der Waals surface area contributed by atoms with Crippen molar-refractivity contribution in [2.24, 2.45) is 0 Å². The Labute approximate surface area is 110 Å². The van der Waals surface area contributed by atoms with Crippen LogP contribution in [0.15, 0.2) is 43.4 Å². The van der Waals surface area contributed by atoms with Crippen LogP contribution in [0.25, 0.3) is 11.3 Å². The lowest BCUT2D eigenvalue weighted by atomic mass is 10.1. The fraction of sp³-hybridized carbons (Fsp3) is 0.154. The Bertz CT molecular complexity index is 545. The summed E-state index contributed by atoms with van der Waals surface area (Å²) >= 11 is 5.76. The van der Waals surface area contributed by atoms with Crippen molar-refractivity contribution in [3.63, 3.8) is 0 Å². The molecule has 0 saturated heterocycles. The molecule has 2 heterocycles. The van der Waals surface area contributed by atoms with Gasteiger partial charge in [0.2, 0.25) is 5.28 Å². The molecule has 0 bridgehead atoms. The molecule has 18 heavy (non-hydrogen) atoms. The molecule has 0 saturated carbocycles. The summed E-state index contributed by atoms with van der Waals surface area (Å²) in [5, 5.41) is 0.223. The predicted molar refractivity (Wildman–Crippen MR) is 70.1 cm³/mol. The number of hydrogen-bond acceptors (Lipinski definition) is 4. The van der Waals surface area contributed by atoms with E-state index in [9.17, 15) is 0 Å². The molecule has 2 aromatic heterocycles. The number of aromatic nitrogens is 3. The van der Waals surface area contributed by atoms with E-state index in [-0.39, 0.29) is 5.28 Å². The Kier molecular flexibility index (Phi) is 4.39. The molecule has 92 valence electrons. The molecule has 4 nitrogen and oxygen atoms in total. The van der Waals surface area contributed by atoms with Gasteiger partial charge in [-0.25, -0.2) is 9.97 Å². The predicted octanol–water partition coefficient (Wildman–Crippen LogP) is 2.89. The minimum Gasteiger partial charge on any atom is -0.373 e. The third kappa shape index (κ3) is 3.35. The first-order chi connectivity index (χ1) is 8.79. The Morgan fingerprint density at radius 3 is 3.06 bits per heavy atom. The highest BCUT2D eigenvalue weighted by molar-refractivity contribution is 6.28. The second-order valence-corrected chi connectivity index (χ2v) is 3.93. The molecule has 0 N–H and O–H groups in total. The molecule has 0 aliphatic rings. The van der Waals surface area contributed by atoms with Crippen LogP contribution < -0.4 is 0 Å². The van der Waals surface area contributed by atoms with Crippen LogP contribution >= 0.6 is 11.6 Å². The van der Waals surface area contributed by atoms with Gasteiger partial charge in [-0.1, -0.05) is 6.08 Å². The van der Waals surface area contributed by atoms with E-state index < -0.39 is 0 Å². The average molecular weight is 262 g/mol. The normalized spacial score (nSPS) is 10.3. The van der Waals surface area contributed by atoms with Crippen LogP contribution in [-0.4, -0.2) is 21.6 Å². The van der Waals surface area contributed by atoms with Gasteiger partial charge < -0.3 is 4.74 Å². The van der Waals surface area contributed by atoms with Gasteiger partial charge in [0, 0.05) is 24.2 Å². The van der Waals surface area contributed by atoms with Crippen LogP contribution in [0.1, 0.15) is 5.56 Å². The van der Waals surface area contributed by atoms with Gasteiger partial charge in [0.1, 0.15) is 0 Å². The maximum absolute atomic E-state index is 5.76. The highest BCUT2D eigenvalue weighted by atomic mass is 35.5. The van der Waals surface area contributed by atoms with Crippen LogP contribution in [0.4, 0.5) is 0 Å². The molecular weight excluding hydrogens is 250 g/mol. The van der Waals surface area contributed by atoms with Gasteiger partial charge in [0.25, 0.3) is 0 Å². The van der Waals surface area contributed by atoms with Gasteiger partial charge in [0.15, 0.2) is 0 Å². The summed E-state index contributed by atoms with van der Waals surface area (Å²) in [4.78, 5) is 12.1. The molecule has 0 fully saturated rings. The molecule has 0 atom stereocenters. The topological polar surface area (TPSA) is 47.9 Å². The van der Waals surface area contributed by atoms with E-state index in [2.05, 4.69) is 21.5 Å². The fourth-order valence-electron chi connectivity index (χ4n) is 1.46. The maximum Gasteiger partial charge on any atom is 0.222 e. The zero-order valence-corrected chi connectivity index (χ0v) is 10.5. The van der Waals surface area contributed by atoms with Crippen molar-refractivity contribution in [2.45, 2.75) is 6.61 Å². The number of rotatable bonds is 5. The first kappa shape index (κ1) is 12.7. The summed E-state index contributed by atoms with van der Waals surface area (Å²) in [5.41, 5.74) is 2.61. The molecule has 0 unspecified atom stereocenters. The smallest absolute Gasteiger partial charge is 0.222 e. The van der Waals surface area contributed by atoms with Crippen molar-refractivity contribution in [1.29, 1.82) is 0 Å². The Hall–Kier alpha value is -1.78. The Balaban J connectivity index is 2.18. The maximum atomic E-state index is 5.76. The van der Waals surface area contributed by atoms with Crippen LogP contribution in [0.2, 0.25) is 5.28 Å². The van der Waals surface area contributed by atoms with Crippen LogP contribution in [0.3, 0.4) is 0 Å². The van der Waals surface area contributed by atoms with Gasteiger partial charge in [-0.05, 0) is 29.3 Å². The summed E-state index contributed by atoms with van der Waals surface area (Å²) in [7, 11) is 0. The molecule has 5 heteroatoms. The fourth-order valence-corrected chi connectivity index (χ4v) is 1.61. The number of nitrogens with zero attached hydrogens (tertiary/aromatic N) is 3. The van der Waals surface area contributed by atoms with Crippen LogP contribution in [-0.2, 0) is 11.3 Å². The van der Waals surface area contributed by atoms with Crippen molar-refractivity contribution in [3.8, 4) is 11.3 Å². The molecule has 0 aliphatic carbocycles. The summed E-state index contributed by atoms with van der Waals surface area (Å²) in [6.07, 6.45) is 6.82. The Morgan fingerprint density at radius 1 is 1.39 bits per heavy atom. The van der Waals surface area contributed by atoms with E-state index in [1.807, 2.05) is 6.07 Å². The van der Waals surface area contributed by atoms with Crippen molar-refractivity contribution < 1.29 is 4.74 Å². The molecule has 2 aromatic rings. The first-order valence-corrected chi connectivity index (χ1v) is 5.79. The van der Waals surface area contributed by atoms with Gasteiger partial charge >= 0.3 is 0 Å². The third-order valence-electron chi connectivity index (χ3n) is 2.22. The summed E-state index contributed by atoms with van der Waals surface area (Å²) in [6.45, 7) is 4.60. The minimum absolute atomic E-state index is 0.223. The zero-order chi connectivity index (χ0) is 12.8. The van der Waals surface area contributed by atoms with Crippen LogP contribution in [0.5, 0.6) is 0 Å². The number of halogens is 1. The third-order valence-corrected chi connectivity index (χ3v) is 2.40. The number of ether oxygens (including phenoxy) is 1. The number of hydrogen-bond donors (Lipinski definition) is 0. The Morgan fingerprint density at radius 2 is 2.28 bits per heavy atom. The van der Waals surface area contributed by atoms with E-state index >= 15 is 0 Å². The van der Waals surface area contributed by atoms with E-state index in [4.69, 9.17) is 16.3 Å². The highest BCUT2D eigenvalue weighted by Crippen LogP contribution is 2.18. The van der Waals surface area contributed by atoms with Gasteiger partial charge in [-0.3, -0.25) is 4.98 Å². The molecule has 0 amide bonds. The van der Waals surface area contributed by atoms with E-state index in [1.165, 1.54) is 0 Å². The van der Waals surface area contributed by atoms with E-state index in [0.29, 0.717) is 13.2 Å². The van der Waals surface area contributed by atoms with Gasteiger partial charge in [-0.15, -0.1) is 6.58 Å². The van der Waals surface area contributed by atoms with E-state index in [0.717, 1.165) is 16.8 Å². The summed E-state index contributed by atoms with van der Waals surface area (Å²) < 4.78 is 5.37. The average Bonchev–Trinajstić information content (AvgIpc) is 2.39. The lowest BCUT2D eigenvalue weighted by Gasteiger charge is -2.04. The SMILES string of the molecule is C=CCOCc1cncc(-c2ccnc(Cl)n2)c1.